The lowest BCUT2D eigenvalue weighted by Crippen LogP contribution is -2.13. The predicted octanol–water partition coefficient (Wildman–Crippen LogP) is 1.70. The second kappa shape index (κ2) is 3.20. The molecular weight excluding hydrogens is 124 g/mol. The van der Waals surface area contributed by atoms with E-state index in [1.165, 1.54) is 0 Å². The maximum absolute atomic E-state index is 4.11. The fraction of sp³-hybridized carbons (Fsp3) is 0.250. The zero-order valence-electron chi connectivity index (χ0n) is 6.12. The van der Waals surface area contributed by atoms with Gasteiger partial charge in [0.05, 0.1) is 0 Å². The van der Waals surface area contributed by atoms with Crippen molar-refractivity contribution in [2.45, 2.75) is 6.92 Å². The molecule has 2 heteroatoms. The summed E-state index contributed by atoms with van der Waals surface area (Å²) in [4.78, 5) is 5.96. The van der Waals surface area contributed by atoms with Crippen molar-refractivity contribution in [2.75, 3.05) is 11.4 Å². The lowest BCUT2D eigenvalue weighted by Gasteiger charge is -2.13. The lowest BCUT2D eigenvalue weighted by molar-refractivity contribution is 0.980. The molecule has 1 aromatic heterocycles. The van der Waals surface area contributed by atoms with Crippen LogP contribution in [0.5, 0.6) is 0 Å². The molecule has 0 amide bonds. The maximum Gasteiger partial charge on any atom is 0.128 e. The molecule has 0 bridgehead atoms. The molecule has 1 heterocycles. The number of anilines is 1. The van der Waals surface area contributed by atoms with E-state index in [1.54, 1.807) is 6.20 Å². The standard InChI is InChI=1S/C8H11N2/c1-3-10(2)8-6-4-5-7-9-8/h4-7H,2-3H2,1H3. The van der Waals surface area contributed by atoms with Crippen molar-refractivity contribution in [1.82, 2.24) is 4.98 Å². The molecule has 0 unspecified atom stereocenters. The first-order valence-corrected chi connectivity index (χ1v) is 3.33. The monoisotopic (exact) mass is 135 g/mol. The van der Waals surface area contributed by atoms with Gasteiger partial charge in [0.1, 0.15) is 5.82 Å². The van der Waals surface area contributed by atoms with Gasteiger partial charge >= 0.3 is 0 Å². The number of nitrogens with zero attached hydrogens (tertiary/aromatic N) is 2. The van der Waals surface area contributed by atoms with Gasteiger partial charge in [-0.2, -0.15) is 0 Å². The molecule has 0 saturated heterocycles. The Morgan fingerprint density at radius 1 is 1.60 bits per heavy atom. The first-order valence-electron chi connectivity index (χ1n) is 3.33. The summed E-state index contributed by atoms with van der Waals surface area (Å²) in [5.74, 6) is 0.921. The van der Waals surface area contributed by atoms with E-state index >= 15 is 0 Å². The molecule has 0 N–H and O–H groups in total. The second-order valence-corrected chi connectivity index (χ2v) is 2.04. The van der Waals surface area contributed by atoms with Gasteiger partial charge in [-0.05, 0) is 19.1 Å². The van der Waals surface area contributed by atoms with Gasteiger partial charge in [0.2, 0.25) is 0 Å². The van der Waals surface area contributed by atoms with Crippen molar-refractivity contribution in [3.05, 3.63) is 31.4 Å². The lowest BCUT2D eigenvalue weighted by atomic mass is 10.4. The summed E-state index contributed by atoms with van der Waals surface area (Å²) in [6.45, 7) is 2.93. The third-order valence-corrected chi connectivity index (χ3v) is 1.35. The van der Waals surface area contributed by atoms with E-state index in [-0.39, 0.29) is 0 Å². The van der Waals surface area contributed by atoms with Crippen molar-refractivity contribution in [3.63, 3.8) is 0 Å². The Morgan fingerprint density at radius 2 is 2.40 bits per heavy atom. The van der Waals surface area contributed by atoms with Crippen LogP contribution in [0.4, 0.5) is 5.82 Å². The highest BCUT2D eigenvalue weighted by Crippen LogP contribution is 2.05. The molecule has 0 saturated carbocycles. The summed E-state index contributed by atoms with van der Waals surface area (Å²) in [7, 11) is 3.80. The largest absolute Gasteiger partial charge is 0.355 e. The quantitative estimate of drug-likeness (QED) is 0.613. The van der Waals surface area contributed by atoms with Crippen LogP contribution < -0.4 is 4.90 Å². The number of pyridine rings is 1. The number of rotatable bonds is 2. The van der Waals surface area contributed by atoms with E-state index in [0.717, 1.165) is 12.4 Å². The van der Waals surface area contributed by atoms with E-state index in [0.29, 0.717) is 0 Å². The molecule has 0 aliphatic heterocycles. The summed E-state index contributed by atoms with van der Waals surface area (Å²) < 4.78 is 0. The minimum atomic E-state index is 0.886. The topological polar surface area (TPSA) is 16.1 Å². The summed E-state index contributed by atoms with van der Waals surface area (Å²) in [6.07, 6.45) is 1.77. The summed E-state index contributed by atoms with van der Waals surface area (Å²) in [6, 6.07) is 5.79. The first-order chi connectivity index (χ1) is 4.84. The zero-order valence-corrected chi connectivity index (χ0v) is 6.12. The van der Waals surface area contributed by atoms with Crippen molar-refractivity contribution in [1.29, 1.82) is 0 Å². The van der Waals surface area contributed by atoms with Crippen LogP contribution in [0.3, 0.4) is 0 Å². The molecule has 1 rings (SSSR count). The SMILES string of the molecule is [CH2]N(CC)c1ccccn1. The van der Waals surface area contributed by atoms with Gasteiger partial charge in [0.25, 0.3) is 0 Å². The number of aromatic nitrogens is 1. The Labute approximate surface area is 61.5 Å². The van der Waals surface area contributed by atoms with E-state index < -0.39 is 0 Å². The third-order valence-electron chi connectivity index (χ3n) is 1.35. The molecule has 2 nitrogen and oxygen atoms in total. The van der Waals surface area contributed by atoms with Crippen molar-refractivity contribution >= 4 is 5.82 Å². The van der Waals surface area contributed by atoms with Gasteiger partial charge < -0.3 is 4.90 Å². The van der Waals surface area contributed by atoms with Crippen molar-refractivity contribution in [3.8, 4) is 0 Å². The fourth-order valence-corrected chi connectivity index (χ4v) is 0.703. The third kappa shape index (κ3) is 1.47. The Bertz CT molecular complexity index is 184. The highest BCUT2D eigenvalue weighted by Gasteiger charge is 1.94. The first kappa shape index (κ1) is 7.06. The van der Waals surface area contributed by atoms with Gasteiger partial charge in [0, 0.05) is 19.8 Å². The Hall–Kier alpha value is -1.05. The minimum absolute atomic E-state index is 0.886. The maximum atomic E-state index is 4.11. The Morgan fingerprint density at radius 3 is 2.90 bits per heavy atom. The minimum Gasteiger partial charge on any atom is -0.355 e. The molecule has 0 aliphatic carbocycles. The van der Waals surface area contributed by atoms with Crippen LogP contribution in [0.25, 0.3) is 0 Å². The summed E-state index contributed by atoms with van der Waals surface area (Å²) >= 11 is 0. The van der Waals surface area contributed by atoms with Crippen LogP contribution in [0.15, 0.2) is 24.4 Å². The second-order valence-electron chi connectivity index (χ2n) is 2.04. The molecule has 53 valence electrons. The Balaban J connectivity index is 2.75. The zero-order chi connectivity index (χ0) is 7.40. The van der Waals surface area contributed by atoms with Gasteiger partial charge in [-0.1, -0.05) is 6.07 Å². The predicted molar refractivity (Wildman–Crippen MR) is 42.6 cm³/mol. The molecule has 0 aliphatic rings. The van der Waals surface area contributed by atoms with E-state index in [1.807, 2.05) is 30.0 Å². The molecule has 0 atom stereocenters. The molecular formula is C8H11N2. The normalized spacial score (nSPS) is 9.40. The average molecular weight is 135 g/mol. The van der Waals surface area contributed by atoms with E-state index in [4.69, 9.17) is 0 Å². The van der Waals surface area contributed by atoms with Crippen LogP contribution in [0, 0.1) is 7.05 Å². The molecule has 10 heavy (non-hydrogen) atoms. The van der Waals surface area contributed by atoms with E-state index in [2.05, 4.69) is 12.0 Å². The number of hydrogen-bond donors (Lipinski definition) is 0. The molecule has 1 aromatic rings. The average Bonchev–Trinajstić information content (AvgIpc) is 2.05. The van der Waals surface area contributed by atoms with Crippen LogP contribution in [0.2, 0.25) is 0 Å². The van der Waals surface area contributed by atoms with Crippen LogP contribution >= 0.6 is 0 Å². The summed E-state index contributed by atoms with van der Waals surface area (Å²) in [5.41, 5.74) is 0. The summed E-state index contributed by atoms with van der Waals surface area (Å²) in [5, 5.41) is 0. The smallest absolute Gasteiger partial charge is 0.128 e. The highest BCUT2D eigenvalue weighted by atomic mass is 15.1. The highest BCUT2D eigenvalue weighted by molar-refractivity contribution is 5.37. The Kier molecular flexibility index (Phi) is 2.26. The van der Waals surface area contributed by atoms with Crippen molar-refractivity contribution < 1.29 is 0 Å². The fourth-order valence-electron chi connectivity index (χ4n) is 0.703. The van der Waals surface area contributed by atoms with Crippen LogP contribution in [-0.2, 0) is 0 Å². The van der Waals surface area contributed by atoms with Crippen molar-refractivity contribution in [2.24, 2.45) is 0 Å². The van der Waals surface area contributed by atoms with Crippen LogP contribution in [-0.4, -0.2) is 11.5 Å². The number of hydrogen-bond acceptors (Lipinski definition) is 2. The van der Waals surface area contributed by atoms with Gasteiger partial charge in [0.15, 0.2) is 0 Å². The van der Waals surface area contributed by atoms with E-state index in [9.17, 15) is 0 Å². The van der Waals surface area contributed by atoms with Gasteiger partial charge in [-0.25, -0.2) is 4.98 Å². The molecule has 0 spiro atoms. The van der Waals surface area contributed by atoms with Gasteiger partial charge in [-0.15, -0.1) is 0 Å². The van der Waals surface area contributed by atoms with Gasteiger partial charge in [-0.3, -0.25) is 0 Å². The van der Waals surface area contributed by atoms with Crippen LogP contribution in [0.1, 0.15) is 6.92 Å². The molecule has 0 aromatic carbocycles. The molecule has 0 fully saturated rings. The molecule has 1 radical (unpaired) electrons.